The van der Waals surface area contributed by atoms with Gasteiger partial charge in [-0.15, -0.1) is 0 Å². The van der Waals surface area contributed by atoms with Crippen LogP contribution >= 0.6 is 8.03 Å². The number of rotatable bonds is 3. The molecule has 58 valence electrons. The van der Waals surface area contributed by atoms with Crippen LogP contribution in [0.15, 0.2) is 0 Å². The zero-order valence-electron chi connectivity index (χ0n) is 7.17. The summed E-state index contributed by atoms with van der Waals surface area (Å²) in [5, 5.41) is 24.9. The molecule has 0 radical (unpaired) electrons. The zero-order valence-corrected chi connectivity index (χ0v) is 8.28. The molecule has 7 heteroatoms. The molecule has 5 nitrogen and oxygen atoms in total. The molecule has 10 heavy (non-hydrogen) atoms. The predicted molar refractivity (Wildman–Crippen MR) is 34.7 cm³/mol. The molecule has 0 aromatic carbocycles. The molecule has 0 aliphatic rings. The van der Waals surface area contributed by atoms with E-state index < -0.39 is 26.6 Å². The number of aliphatic hydroxyl groups is 3. The van der Waals surface area contributed by atoms with E-state index in [1.165, 1.54) is 0 Å². The van der Waals surface area contributed by atoms with Gasteiger partial charge < -0.3 is 23.1 Å². The van der Waals surface area contributed by atoms with Gasteiger partial charge in [0.15, 0.2) is 0 Å². The van der Waals surface area contributed by atoms with Crippen LogP contribution in [0.2, 0.25) is 0 Å². The first-order valence-corrected chi connectivity index (χ1v) is 3.44. The molecule has 0 rings (SSSR count). The zero-order chi connectivity index (χ0) is 7.44. The smallest absolute Gasteiger partial charge is 1.00 e. The average molecular weight is 196 g/mol. The Morgan fingerprint density at radius 2 is 2.00 bits per heavy atom. The molecule has 0 aliphatic carbocycles. The van der Waals surface area contributed by atoms with Crippen molar-refractivity contribution in [3.63, 3.8) is 0 Å². The number of hydrogen-bond donors (Lipinski definition) is 3. The molecule has 0 bridgehead atoms. The molecule has 0 fully saturated rings. The molecule has 0 aromatic rings. The summed E-state index contributed by atoms with van der Waals surface area (Å²) in [6.07, 6.45) is -1.59. The summed E-state index contributed by atoms with van der Waals surface area (Å²) < 4.78 is 9.82. The fourth-order valence-corrected chi connectivity index (χ4v) is 0.610. The van der Waals surface area contributed by atoms with Gasteiger partial charge in [0, 0.05) is 0 Å². The summed E-state index contributed by atoms with van der Waals surface area (Å²) in [5.41, 5.74) is 0. The average Bonchev–Trinajstić information content (AvgIpc) is 1.84. The van der Waals surface area contributed by atoms with Crippen LogP contribution in [0.25, 0.3) is 0 Å². The molecule has 3 N–H and O–H groups in total. The van der Waals surface area contributed by atoms with Crippen LogP contribution in [0.1, 0.15) is 2.85 Å². The van der Waals surface area contributed by atoms with Crippen LogP contribution in [-0.4, -0.2) is 71.6 Å². The molecular formula is C3H9CaO5P. The Labute approximate surface area is 91.5 Å². The first-order valence-electron chi connectivity index (χ1n) is 2.20. The summed E-state index contributed by atoms with van der Waals surface area (Å²) >= 11 is 0. The van der Waals surface area contributed by atoms with Crippen molar-refractivity contribution in [2.45, 2.75) is 11.9 Å². The van der Waals surface area contributed by atoms with Crippen molar-refractivity contribution in [3.8, 4) is 0 Å². The van der Waals surface area contributed by atoms with E-state index in [1.807, 2.05) is 0 Å². The fraction of sp³-hybridized carbons (Fsp3) is 1.00. The summed E-state index contributed by atoms with van der Waals surface area (Å²) in [5.74, 6) is -1.86. The van der Waals surface area contributed by atoms with E-state index in [0.29, 0.717) is 0 Å². The van der Waals surface area contributed by atoms with E-state index >= 15 is 0 Å². The molecule has 0 saturated carbocycles. The summed E-state index contributed by atoms with van der Waals surface area (Å²) in [4.78, 5) is 9.82. The monoisotopic (exact) mass is 196 g/mol. The number of hydrogen-bond acceptors (Lipinski definition) is 5. The Morgan fingerprint density at radius 3 is 2.10 bits per heavy atom. The van der Waals surface area contributed by atoms with Crippen LogP contribution < -0.4 is 4.89 Å². The van der Waals surface area contributed by atoms with Gasteiger partial charge in [-0.1, -0.05) is 4.57 Å². The second-order valence-corrected chi connectivity index (χ2v) is 2.55. The van der Waals surface area contributed by atoms with Crippen molar-refractivity contribution >= 4 is 45.8 Å². The van der Waals surface area contributed by atoms with Crippen molar-refractivity contribution < 1.29 is 27.6 Å². The van der Waals surface area contributed by atoms with Gasteiger partial charge >= 0.3 is 45.8 Å². The molecule has 0 amide bonds. The van der Waals surface area contributed by atoms with Gasteiger partial charge in [-0.3, -0.25) is 0 Å². The van der Waals surface area contributed by atoms with E-state index in [-0.39, 0.29) is 40.6 Å². The number of aliphatic hydroxyl groups excluding tert-OH is 3. The SMILES string of the molecule is O=[P+]([O-])C(O)C(O)CO.[Ca+2].[H-].[H-]. The third-order valence-electron chi connectivity index (χ3n) is 0.747. The van der Waals surface area contributed by atoms with Crippen molar-refractivity contribution in [3.05, 3.63) is 0 Å². The summed E-state index contributed by atoms with van der Waals surface area (Å²) in [7, 11) is -3.06. The minimum Gasteiger partial charge on any atom is -1.00 e. The molecule has 3 atom stereocenters. The minimum absolute atomic E-state index is 0. The third-order valence-corrected chi connectivity index (χ3v) is 1.52. The van der Waals surface area contributed by atoms with Crippen LogP contribution in [0.3, 0.4) is 0 Å². The Kier molecular flexibility index (Phi) is 9.47. The molecule has 0 aromatic heterocycles. The Hall–Kier alpha value is 1.20. The van der Waals surface area contributed by atoms with Gasteiger partial charge in [0.05, 0.1) is 6.61 Å². The molecular weight excluding hydrogens is 187 g/mol. The molecule has 0 aliphatic heterocycles. The van der Waals surface area contributed by atoms with E-state index in [1.54, 1.807) is 0 Å². The van der Waals surface area contributed by atoms with Gasteiger partial charge in [0.25, 0.3) is 5.85 Å². The molecule has 3 unspecified atom stereocenters. The van der Waals surface area contributed by atoms with Crippen LogP contribution in [0.5, 0.6) is 0 Å². The van der Waals surface area contributed by atoms with E-state index in [9.17, 15) is 9.46 Å². The van der Waals surface area contributed by atoms with Crippen molar-refractivity contribution in [2.75, 3.05) is 6.61 Å². The maximum atomic E-state index is 9.82. The summed E-state index contributed by atoms with van der Waals surface area (Å²) in [6.45, 7) is -0.759. The molecule has 0 spiro atoms. The maximum Gasteiger partial charge on any atom is 2.00 e. The standard InChI is InChI=1S/C3H7O5P.Ca.2H/c4-1-2(5)3(6)9(7)8;;;/h2-6H,1H2;;;/q;+2;2*-1. The van der Waals surface area contributed by atoms with E-state index in [2.05, 4.69) is 0 Å². The largest absolute Gasteiger partial charge is 2.00 e. The maximum absolute atomic E-state index is 9.82. The second-order valence-electron chi connectivity index (χ2n) is 1.45. The van der Waals surface area contributed by atoms with Crippen molar-refractivity contribution in [1.82, 2.24) is 0 Å². The third kappa shape index (κ3) is 4.93. The first-order chi connectivity index (χ1) is 4.09. The van der Waals surface area contributed by atoms with Gasteiger partial charge in [-0.25, -0.2) is 0 Å². The molecule has 0 saturated heterocycles. The van der Waals surface area contributed by atoms with Crippen LogP contribution in [0.4, 0.5) is 0 Å². The quantitative estimate of drug-likeness (QED) is 0.345. The van der Waals surface area contributed by atoms with Gasteiger partial charge in [-0.2, -0.15) is 0 Å². The van der Waals surface area contributed by atoms with Crippen LogP contribution in [0, 0.1) is 0 Å². The van der Waals surface area contributed by atoms with E-state index in [0.717, 1.165) is 0 Å². The van der Waals surface area contributed by atoms with Crippen LogP contribution in [-0.2, 0) is 4.57 Å². The molecule has 0 heterocycles. The second kappa shape index (κ2) is 6.88. The fourth-order valence-electron chi connectivity index (χ4n) is 0.235. The Bertz CT molecular complexity index is 117. The minimum atomic E-state index is -3.06. The summed E-state index contributed by atoms with van der Waals surface area (Å²) in [6, 6.07) is 0. The van der Waals surface area contributed by atoms with Crippen molar-refractivity contribution in [2.24, 2.45) is 0 Å². The Balaban J connectivity index is -0.000000107. The van der Waals surface area contributed by atoms with Gasteiger partial charge in [0.2, 0.25) is 0 Å². The Morgan fingerprint density at radius 1 is 1.60 bits per heavy atom. The van der Waals surface area contributed by atoms with Gasteiger partial charge in [-0.05, 0) is 0 Å². The normalized spacial score (nSPS) is 17.0. The predicted octanol–water partition coefficient (Wildman–Crippen LogP) is -2.40. The first kappa shape index (κ1) is 13.8. The van der Waals surface area contributed by atoms with Gasteiger partial charge in [0.1, 0.15) is 6.10 Å². The van der Waals surface area contributed by atoms with E-state index in [4.69, 9.17) is 15.3 Å². The topological polar surface area (TPSA) is 101 Å². The van der Waals surface area contributed by atoms with Crippen molar-refractivity contribution in [1.29, 1.82) is 0 Å².